The van der Waals surface area contributed by atoms with E-state index in [2.05, 4.69) is 39.5 Å². The molecule has 0 atom stereocenters. The van der Waals surface area contributed by atoms with Gasteiger partial charge in [-0.2, -0.15) is 0 Å². The van der Waals surface area contributed by atoms with Crippen LogP contribution in [0.4, 0.5) is 5.82 Å². The van der Waals surface area contributed by atoms with Gasteiger partial charge >= 0.3 is 0 Å². The second-order valence-corrected chi connectivity index (χ2v) is 6.95. The fourth-order valence-corrected chi connectivity index (χ4v) is 3.32. The first-order chi connectivity index (χ1) is 13.8. The van der Waals surface area contributed by atoms with Gasteiger partial charge in [0, 0.05) is 32.9 Å². The van der Waals surface area contributed by atoms with Crippen LogP contribution in [-0.4, -0.2) is 57.0 Å². The topological polar surface area (TPSA) is 63.7 Å². The molecule has 0 saturated carbocycles. The quantitative estimate of drug-likeness (QED) is 0.675. The van der Waals surface area contributed by atoms with Crippen LogP contribution in [0.15, 0.2) is 48.7 Å². The van der Waals surface area contributed by atoms with Gasteiger partial charge in [-0.3, -0.25) is 4.79 Å². The highest BCUT2D eigenvalue weighted by molar-refractivity contribution is 5.94. The average Bonchev–Trinajstić information content (AvgIpc) is 2.75. The minimum atomic E-state index is -0.123. The van der Waals surface area contributed by atoms with Crippen molar-refractivity contribution in [2.75, 3.05) is 44.9 Å². The molecule has 0 unspecified atom stereocenters. The number of pyridine rings is 1. The lowest BCUT2D eigenvalue weighted by atomic mass is 10.1. The van der Waals surface area contributed by atoms with Crippen molar-refractivity contribution in [2.24, 2.45) is 0 Å². The number of aromatic nitrogens is 1. The molecule has 6 heteroatoms. The fraction of sp³-hybridized carbons (Fsp3) is 0.455. The Morgan fingerprint density at radius 1 is 1.14 bits per heavy atom. The van der Waals surface area contributed by atoms with E-state index in [-0.39, 0.29) is 5.91 Å². The van der Waals surface area contributed by atoms with E-state index < -0.39 is 0 Å². The molecule has 150 valence electrons. The van der Waals surface area contributed by atoms with Crippen LogP contribution in [0, 0.1) is 0 Å². The van der Waals surface area contributed by atoms with Crippen LogP contribution >= 0.6 is 0 Å². The monoisotopic (exact) mass is 383 g/mol. The van der Waals surface area contributed by atoms with Gasteiger partial charge in [0.1, 0.15) is 5.82 Å². The van der Waals surface area contributed by atoms with Crippen molar-refractivity contribution >= 4 is 11.7 Å². The van der Waals surface area contributed by atoms with Gasteiger partial charge in [0.25, 0.3) is 5.91 Å². The van der Waals surface area contributed by atoms with Crippen molar-refractivity contribution in [1.29, 1.82) is 0 Å². The summed E-state index contributed by atoms with van der Waals surface area (Å²) < 4.78 is 11.0. The van der Waals surface area contributed by atoms with Crippen molar-refractivity contribution in [2.45, 2.75) is 25.4 Å². The Balaban J connectivity index is 1.40. The van der Waals surface area contributed by atoms with Crippen molar-refractivity contribution in [3.63, 3.8) is 0 Å². The van der Waals surface area contributed by atoms with Gasteiger partial charge in [-0.05, 0) is 37.0 Å². The lowest BCUT2D eigenvalue weighted by molar-refractivity contribution is 0.0390. The summed E-state index contributed by atoms with van der Waals surface area (Å²) in [5.41, 5.74) is 1.88. The van der Waals surface area contributed by atoms with Crippen LogP contribution in [-0.2, 0) is 15.9 Å². The summed E-state index contributed by atoms with van der Waals surface area (Å²) in [5, 5.41) is 2.80. The number of benzene rings is 1. The predicted octanol–water partition coefficient (Wildman–Crippen LogP) is 2.69. The first-order valence-corrected chi connectivity index (χ1v) is 9.90. The molecule has 0 spiro atoms. The predicted molar refractivity (Wildman–Crippen MR) is 110 cm³/mol. The number of nitrogens with zero attached hydrogens (tertiary/aromatic N) is 2. The van der Waals surface area contributed by atoms with Crippen molar-refractivity contribution < 1.29 is 14.3 Å². The molecular formula is C22H29N3O3. The number of ether oxygens (including phenoxy) is 2. The highest BCUT2D eigenvalue weighted by Gasteiger charge is 2.20. The normalized spacial score (nSPS) is 14.8. The third-order valence-corrected chi connectivity index (χ3v) is 4.95. The molecule has 0 bridgehead atoms. The van der Waals surface area contributed by atoms with Crippen LogP contribution in [0.5, 0.6) is 0 Å². The molecule has 1 saturated heterocycles. The third-order valence-electron chi connectivity index (χ3n) is 4.95. The van der Waals surface area contributed by atoms with E-state index in [4.69, 9.17) is 9.47 Å². The molecule has 1 aliphatic heterocycles. The Kier molecular flexibility index (Phi) is 7.82. The largest absolute Gasteiger partial charge is 0.383 e. The minimum Gasteiger partial charge on any atom is -0.383 e. The van der Waals surface area contributed by atoms with Gasteiger partial charge in [0.2, 0.25) is 0 Å². The molecule has 1 fully saturated rings. The van der Waals surface area contributed by atoms with E-state index in [1.54, 1.807) is 13.3 Å². The summed E-state index contributed by atoms with van der Waals surface area (Å²) in [6.07, 6.45) is 4.90. The number of methoxy groups -OCH3 is 1. The zero-order chi connectivity index (χ0) is 19.6. The Morgan fingerprint density at radius 3 is 2.61 bits per heavy atom. The maximum Gasteiger partial charge on any atom is 0.252 e. The van der Waals surface area contributed by atoms with Gasteiger partial charge < -0.3 is 19.7 Å². The van der Waals surface area contributed by atoms with Crippen LogP contribution in [0.2, 0.25) is 0 Å². The molecule has 6 nitrogen and oxygen atoms in total. The Morgan fingerprint density at radius 2 is 1.93 bits per heavy atom. The number of carbonyl (C=O) groups is 1. The third kappa shape index (κ3) is 6.04. The fourth-order valence-electron chi connectivity index (χ4n) is 3.32. The standard InChI is InChI=1S/C22H29N3O3/c1-27-16-12-23-22(26)19-7-8-21(24-17-19)25-13-9-20(10-14-25)28-15-11-18-5-3-2-4-6-18/h2-8,17,20H,9-16H2,1H3,(H,23,26). The highest BCUT2D eigenvalue weighted by atomic mass is 16.5. The van der Waals surface area contributed by atoms with E-state index in [1.165, 1.54) is 5.56 Å². The van der Waals surface area contributed by atoms with E-state index >= 15 is 0 Å². The molecule has 1 aromatic heterocycles. The number of carbonyl (C=O) groups excluding carboxylic acids is 1. The first kappa shape index (κ1) is 20.3. The number of hydrogen-bond donors (Lipinski definition) is 1. The van der Waals surface area contributed by atoms with E-state index in [0.717, 1.165) is 44.8 Å². The number of nitrogens with one attached hydrogen (secondary N) is 1. The maximum atomic E-state index is 12.0. The van der Waals surface area contributed by atoms with Crippen LogP contribution in [0.3, 0.4) is 0 Å². The molecule has 1 aromatic carbocycles. The smallest absolute Gasteiger partial charge is 0.252 e. The molecular weight excluding hydrogens is 354 g/mol. The van der Waals surface area contributed by atoms with Gasteiger partial charge in [-0.1, -0.05) is 30.3 Å². The zero-order valence-electron chi connectivity index (χ0n) is 16.5. The molecule has 1 N–H and O–H groups in total. The summed E-state index contributed by atoms with van der Waals surface area (Å²) in [6, 6.07) is 14.2. The van der Waals surface area contributed by atoms with Crippen LogP contribution in [0.1, 0.15) is 28.8 Å². The van der Waals surface area contributed by atoms with Crippen molar-refractivity contribution in [1.82, 2.24) is 10.3 Å². The van der Waals surface area contributed by atoms with Crippen molar-refractivity contribution in [3.05, 3.63) is 59.8 Å². The molecule has 1 aliphatic rings. The summed E-state index contributed by atoms with van der Waals surface area (Å²) in [6.45, 7) is 3.60. The number of piperidine rings is 1. The summed E-state index contributed by atoms with van der Waals surface area (Å²) >= 11 is 0. The van der Waals surface area contributed by atoms with Gasteiger partial charge in [-0.15, -0.1) is 0 Å². The molecule has 3 rings (SSSR count). The summed E-state index contributed by atoms with van der Waals surface area (Å²) in [7, 11) is 1.61. The molecule has 2 aromatic rings. The van der Waals surface area contributed by atoms with E-state index in [9.17, 15) is 4.79 Å². The molecule has 28 heavy (non-hydrogen) atoms. The molecule has 2 heterocycles. The average molecular weight is 383 g/mol. The molecule has 1 amide bonds. The van der Waals surface area contributed by atoms with Crippen molar-refractivity contribution in [3.8, 4) is 0 Å². The lowest BCUT2D eigenvalue weighted by Crippen LogP contribution is -2.37. The summed E-state index contributed by atoms with van der Waals surface area (Å²) in [4.78, 5) is 18.7. The van der Waals surface area contributed by atoms with Crippen LogP contribution in [0.25, 0.3) is 0 Å². The highest BCUT2D eigenvalue weighted by Crippen LogP contribution is 2.20. The minimum absolute atomic E-state index is 0.123. The Labute approximate surface area is 166 Å². The number of rotatable bonds is 9. The second-order valence-electron chi connectivity index (χ2n) is 6.95. The van der Waals surface area contributed by atoms with Gasteiger partial charge in [0.05, 0.1) is 24.9 Å². The maximum absolute atomic E-state index is 12.0. The Bertz CT molecular complexity index is 714. The van der Waals surface area contributed by atoms with Gasteiger partial charge in [-0.25, -0.2) is 4.98 Å². The number of hydrogen-bond acceptors (Lipinski definition) is 5. The first-order valence-electron chi connectivity index (χ1n) is 9.90. The second kappa shape index (κ2) is 10.8. The van der Waals surface area contributed by atoms with E-state index in [1.807, 2.05) is 18.2 Å². The molecule has 0 aliphatic carbocycles. The zero-order valence-corrected chi connectivity index (χ0v) is 16.5. The SMILES string of the molecule is COCCNC(=O)c1ccc(N2CCC(OCCc3ccccc3)CC2)nc1. The summed E-state index contributed by atoms with van der Waals surface area (Å²) in [5.74, 6) is 0.790. The number of anilines is 1. The van der Waals surface area contributed by atoms with E-state index in [0.29, 0.717) is 24.8 Å². The number of amides is 1. The van der Waals surface area contributed by atoms with Gasteiger partial charge in [0.15, 0.2) is 0 Å². The molecule has 0 radical (unpaired) electrons. The van der Waals surface area contributed by atoms with Crippen LogP contribution < -0.4 is 10.2 Å². The lowest BCUT2D eigenvalue weighted by Gasteiger charge is -2.32. The Hall–Kier alpha value is -2.44.